The Kier molecular flexibility index (Phi) is 4.43. The van der Waals surface area contributed by atoms with Crippen LogP contribution in [-0.4, -0.2) is 4.21 Å². The van der Waals surface area contributed by atoms with Gasteiger partial charge in [-0.3, -0.25) is 4.21 Å². The molecule has 0 fully saturated rings. The highest BCUT2D eigenvalue weighted by atomic mass is 79.9. The van der Waals surface area contributed by atoms with Crippen LogP contribution in [0, 0.1) is 0 Å². The summed E-state index contributed by atoms with van der Waals surface area (Å²) in [6.45, 7) is 0. The maximum Gasteiger partial charge on any atom is 0.0574 e. The summed E-state index contributed by atoms with van der Waals surface area (Å²) >= 11 is 9.41. The minimum Gasteiger partial charge on any atom is -0.399 e. The van der Waals surface area contributed by atoms with E-state index in [1.807, 2.05) is 30.3 Å². The third-order valence-electron chi connectivity index (χ3n) is 2.44. The van der Waals surface area contributed by atoms with Crippen LogP contribution in [0.25, 0.3) is 0 Å². The van der Waals surface area contributed by atoms with Crippen LogP contribution in [0.1, 0.15) is 5.56 Å². The SMILES string of the molecule is Nc1ccc(CS(=O)c2ccc(Br)cc2)c(Cl)c1. The van der Waals surface area contributed by atoms with Gasteiger partial charge in [0.15, 0.2) is 0 Å². The summed E-state index contributed by atoms with van der Waals surface area (Å²) in [5.41, 5.74) is 7.07. The van der Waals surface area contributed by atoms with E-state index in [-0.39, 0.29) is 0 Å². The van der Waals surface area contributed by atoms with E-state index in [2.05, 4.69) is 15.9 Å². The number of benzene rings is 2. The molecule has 94 valence electrons. The maximum absolute atomic E-state index is 12.2. The standard InChI is InChI=1S/C13H11BrClNOS/c14-10-2-5-12(6-3-10)18(17)8-9-1-4-11(16)7-13(9)15/h1-7H,8,16H2. The molecule has 0 aliphatic carbocycles. The van der Waals surface area contributed by atoms with Crippen LogP contribution < -0.4 is 5.73 Å². The fourth-order valence-electron chi connectivity index (χ4n) is 1.49. The molecular weight excluding hydrogens is 334 g/mol. The van der Waals surface area contributed by atoms with Crippen molar-refractivity contribution >= 4 is 44.0 Å². The summed E-state index contributed by atoms with van der Waals surface area (Å²) in [5.74, 6) is 0.390. The molecule has 2 N–H and O–H groups in total. The first-order valence-corrected chi connectivity index (χ1v) is 7.73. The first kappa shape index (κ1) is 13.6. The van der Waals surface area contributed by atoms with Gasteiger partial charge in [0, 0.05) is 20.1 Å². The lowest BCUT2D eigenvalue weighted by molar-refractivity contribution is 0.682. The van der Waals surface area contributed by atoms with Gasteiger partial charge in [-0.1, -0.05) is 33.6 Å². The Hall–Kier alpha value is -0.840. The van der Waals surface area contributed by atoms with Crippen molar-refractivity contribution in [2.75, 3.05) is 5.73 Å². The molecule has 2 rings (SSSR count). The van der Waals surface area contributed by atoms with E-state index < -0.39 is 10.8 Å². The van der Waals surface area contributed by atoms with Gasteiger partial charge in [0.05, 0.1) is 16.6 Å². The molecule has 2 nitrogen and oxygen atoms in total. The van der Waals surface area contributed by atoms with Crippen LogP contribution >= 0.6 is 27.5 Å². The molecule has 0 bridgehead atoms. The number of halogens is 2. The van der Waals surface area contributed by atoms with Crippen LogP contribution in [-0.2, 0) is 16.6 Å². The topological polar surface area (TPSA) is 43.1 Å². The zero-order valence-electron chi connectivity index (χ0n) is 9.40. The Morgan fingerprint density at radius 2 is 1.83 bits per heavy atom. The van der Waals surface area contributed by atoms with E-state index in [0.717, 1.165) is 14.9 Å². The monoisotopic (exact) mass is 343 g/mol. The molecule has 0 heterocycles. The lowest BCUT2D eigenvalue weighted by Crippen LogP contribution is -1.98. The van der Waals surface area contributed by atoms with Crippen molar-refractivity contribution in [2.45, 2.75) is 10.6 Å². The highest BCUT2D eigenvalue weighted by molar-refractivity contribution is 9.10. The minimum atomic E-state index is -1.11. The summed E-state index contributed by atoms with van der Waals surface area (Å²) in [6, 6.07) is 12.7. The van der Waals surface area contributed by atoms with Crippen molar-refractivity contribution in [2.24, 2.45) is 0 Å². The van der Waals surface area contributed by atoms with E-state index in [4.69, 9.17) is 17.3 Å². The number of rotatable bonds is 3. The van der Waals surface area contributed by atoms with Crippen molar-refractivity contribution < 1.29 is 4.21 Å². The van der Waals surface area contributed by atoms with Gasteiger partial charge in [0.1, 0.15) is 0 Å². The Morgan fingerprint density at radius 3 is 2.44 bits per heavy atom. The summed E-state index contributed by atoms with van der Waals surface area (Å²) in [5, 5.41) is 0.556. The molecule has 0 saturated heterocycles. The van der Waals surface area contributed by atoms with Gasteiger partial charge < -0.3 is 5.73 Å². The average molecular weight is 345 g/mol. The Labute approximate surface area is 122 Å². The van der Waals surface area contributed by atoms with Gasteiger partial charge in [0.2, 0.25) is 0 Å². The molecule has 0 aromatic heterocycles. The van der Waals surface area contributed by atoms with Crippen molar-refractivity contribution in [3.8, 4) is 0 Å². The van der Waals surface area contributed by atoms with Gasteiger partial charge >= 0.3 is 0 Å². The maximum atomic E-state index is 12.2. The van der Waals surface area contributed by atoms with Crippen LogP contribution in [0.4, 0.5) is 5.69 Å². The second-order valence-electron chi connectivity index (χ2n) is 3.79. The normalized spacial score (nSPS) is 12.3. The lowest BCUT2D eigenvalue weighted by atomic mass is 10.2. The molecule has 0 amide bonds. The molecule has 1 unspecified atom stereocenters. The molecule has 0 aliphatic rings. The van der Waals surface area contributed by atoms with Gasteiger partial charge in [-0.15, -0.1) is 0 Å². The second kappa shape index (κ2) is 5.87. The van der Waals surface area contributed by atoms with Crippen molar-refractivity contribution in [1.82, 2.24) is 0 Å². The van der Waals surface area contributed by atoms with E-state index in [1.54, 1.807) is 12.1 Å². The molecule has 5 heteroatoms. The summed E-state index contributed by atoms with van der Waals surface area (Å²) in [4.78, 5) is 0.783. The third-order valence-corrected chi connectivity index (χ3v) is 4.69. The number of nitrogens with two attached hydrogens (primary N) is 1. The van der Waals surface area contributed by atoms with Crippen molar-refractivity contribution in [3.05, 3.63) is 57.5 Å². The zero-order valence-corrected chi connectivity index (χ0v) is 12.6. The Morgan fingerprint density at radius 1 is 1.17 bits per heavy atom. The lowest BCUT2D eigenvalue weighted by Gasteiger charge is -2.06. The number of hydrogen-bond donors (Lipinski definition) is 1. The van der Waals surface area contributed by atoms with Crippen LogP contribution in [0.15, 0.2) is 51.8 Å². The van der Waals surface area contributed by atoms with Crippen molar-refractivity contribution in [1.29, 1.82) is 0 Å². The van der Waals surface area contributed by atoms with Gasteiger partial charge in [-0.25, -0.2) is 0 Å². The minimum absolute atomic E-state index is 0.390. The van der Waals surface area contributed by atoms with Crippen LogP contribution in [0.5, 0.6) is 0 Å². The molecule has 0 radical (unpaired) electrons. The summed E-state index contributed by atoms with van der Waals surface area (Å²) in [7, 11) is -1.11. The molecule has 0 aliphatic heterocycles. The van der Waals surface area contributed by atoms with Gasteiger partial charge in [-0.2, -0.15) is 0 Å². The van der Waals surface area contributed by atoms with Gasteiger partial charge in [0.25, 0.3) is 0 Å². The molecule has 0 saturated carbocycles. The Balaban J connectivity index is 2.18. The molecule has 0 spiro atoms. The highest BCUT2D eigenvalue weighted by Crippen LogP contribution is 2.23. The van der Waals surface area contributed by atoms with E-state index in [0.29, 0.717) is 16.5 Å². The quantitative estimate of drug-likeness (QED) is 0.855. The average Bonchev–Trinajstić information content (AvgIpc) is 2.33. The van der Waals surface area contributed by atoms with Gasteiger partial charge in [-0.05, 0) is 42.0 Å². The highest BCUT2D eigenvalue weighted by Gasteiger charge is 2.08. The molecule has 2 aromatic rings. The predicted octanol–water partition coefficient (Wildman–Crippen LogP) is 3.99. The first-order chi connectivity index (χ1) is 8.56. The molecule has 2 aromatic carbocycles. The molecular formula is C13H11BrClNOS. The summed E-state index contributed by atoms with van der Waals surface area (Å²) < 4.78 is 13.1. The number of hydrogen-bond acceptors (Lipinski definition) is 2. The fraction of sp³-hybridized carbons (Fsp3) is 0.0769. The summed E-state index contributed by atoms with van der Waals surface area (Å²) in [6.07, 6.45) is 0. The largest absolute Gasteiger partial charge is 0.399 e. The number of anilines is 1. The van der Waals surface area contributed by atoms with Crippen molar-refractivity contribution in [3.63, 3.8) is 0 Å². The van der Waals surface area contributed by atoms with Crippen LogP contribution in [0.2, 0.25) is 5.02 Å². The molecule has 18 heavy (non-hydrogen) atoms. The fourth-order valence-corrected chi connectivity index (χ4v) is 3.23. The van der Waals surface area contributed by atoms with E-state index in [9.17, 15) is 4.21 Å². The van der Waals surface area contributed by atoms with E-state index >= 15 is 0 Å². The zero-order chi connectivity index (χ0) is 13.1. The third kappa shape index (κ3) is 3.34. The Bertz CT molecular complexity index is 586. The molecule has 1 atom stereocenters. The van der Waals surface area contributed by atoms with Crippen LogP contribution in [0.3, 0.4) is 0 Å². The first-order valence-electron chi connectivity index (χ1n) is 5.24. The second-order valence-corrected chi connectivity index (χ2v) is 6.57. The van der Waals surface area contributed by atoms with E-state index in [1.165, 1.54) is 0 Å². The predicted molar refractivity (Wildman–Crippen MR) is 80.1 cm³/mol. The smallest absolute Gasteiger partial charge is 0.0574 e. The number of nitrogen functional groups attached to an aromatic ring is 1.